The zero-order valence-corrected chi connectivity index (χ0v) is 20.8. The van der Waals surface area contributed by atoms with Crippen LogP contribution in [0.5, 0.6) is 5.75 Å². The summed E-state index contributed by atoms with van der Waals surface area (Å²) in [5.74, 6) is 0.347. The fraction of sp³-hybridized carbons (Fsp3) is 0.321. The number of rotatable bonds is 10. The third-order valence-corrected chi connectivity index (χ3v) is 6.02. The molecule has 1 amide bonds. The molecule has 3 N–H and O–H groups in total. The molecule has 0 unspecified atom stereocenters. The van der Waals surface area contributed by atoms with Crippen molar-refractivity contribution in [1.29, 1.82) is 0 Å². The van der Waals surface area contributed by atoms with Gasteiger partial charge in [-0.25, -0.2) is 4.79 Å². The number of fused-ring (bicyclic) bond motifs is 2. The number of aromatic nitrogens is 3. The number of primary amides is 1. The standard InChI is InChI=1S/C22H28N4O4.C6H4/c1-3-11-25-18-14-17(24-20(18)21(28)26(12-4-2)22(25)29)15-7-9-16(10-8-15)30-13-5-6-19(23)27;1-2-5-4-6(5)3-1/h7-10,14,24H,3-6,11-13H2,1-2H3,(H2,23,27);1-4H. The van der Waals surface area contributed by atoms with Crippen LogP contribution in [0.1, 0.15) is 39.5 Å². The van der Waals surface area contributed by atoms with E-state index in [0.29, 0.717) is 55.7 Å². The van der Waals surface area contributed by atoms with Crippen LogP contribution in [0.15, 0.2) is 64.2 Å². The predicted octanol–water partition coefficient (Wildman–Crippen LogP) is 4.29. The third kappa shape index (κ3) is 5.59. The zero-order valence-electron chi connectivity index (χ0n) is 20.8. The fourth-order valence-electron chi connectivity index (χ4n) is 4.15. The summed E-state index contributed by atoms with van der Waals surface area (Å²) in [4.78, 5) is 39.6. The van der Waals surface area contributed by atoms with Gasteiger partial charge in [-0.05, 0) is 72.4 Å². The van der Waals surface area contributed by atoms with E-state index in [0.717, 1.165) is 17.7 Å². The minimum atomic E-state index is -0.340. The first kappa shape index (κ1) is 25.0. The summed E-state index contributed by atoms with van der Waals surface area (Å²) < 4.78 is 8.59. The molecule has 0 atom stereocenters. The first-order chi connectivity index (χ1) is 17.4. The molecule has 2 aromatic heterocycles. The largest absolute Gasteiger partial charge is 0.494 e. The minimum absolute atomic E-state index is 0.263. The van der Waals surface area contributed by atoms with Gasteiger partial charge in [-0.15, -0.1) is 0 Å². The second-order valence-electron chi connectivity index (χ2n) is 8.86. The maximum absolute atomic E-state index is 12.9. The van der Waals surface area contributed by atoms with Crippen LogP contribution in [0.4, 0.5) is 0 Å². The van der Waals surface area contributed by atoms with Crippen LogP contribution in [-0.2, 0) is 17.9 Å². The van der Waals surface area contributed by atoms with Crippen molar-refractivity contribution in [3.05, 3.63) is 75.4 Å². The molecule has 8 nitrogen and oxygen atoms in total. The average Bonchev–Trinajstić information content (AvgIpc) is 3.25. The number of nitrogens with zero attached hydrogens (tertiary/aromatic N) is 2. The summed E-state index contributed by atoms with van der Waals surface area (Å²) in [6.07, 6.45) is 2.36. The van der Waals surface area contributed by atoms with Crippen LogP contribution < -0.4 is 21.7 Å². The lowest BCUT2D eigenvalue weighted by Gasteiger charge is -2.10. The van der Waals surface area contributed by atoms with E-state index in [9.17, 15) is 14.4 Å². The predicted molar refractivity (Wildman–Crippen MR) is 142 cm³/mol. The highest BCUT2D eigenvalue weighted by atomic mass is 16.5. The Kier molecular flexibility index (Phi) is 7.73. The van der Waals surface area contributed by atoms with Gasteiger partial charge in [0.15, 0.2) is 0 Å². The van der Waals surface area contributed by atoms with Crippen molar-refractivity contribution in [3.8, 4) is 28.1 Å². The van der Waals surface area contributed by atoms with Gasteiger partial charge in [-0.3, -0.25) is 18.7 Å². The summed E-state index contributed by atoms with van der Waals surface area (Å²) >= 11 is 0. The van der Waals surface area contributed by atoms with Crippen LogP contribution in [0, 0.1) is 0 Å². The number of benzene rings is 2. The van der Waals surface area contributed by atoms with Crippen molar-refractivity contribution >= 4 is 16.9 Å². The van der Waals surface area contributed by atoms with Crippen molar-refractivity contribution in [2.45, 2.75) is 52.6 Å². The van der Waals surface area contributed by atoms with E-state index >= 15 is 0 Å². The van der Waals surface area contributed by atoms with Crippen LogP contribution in [0.25, 0.3) is 33.4 Å². The number of carbonyl (C=O) groups is 1. The molecule has 1 aromatic carbocycles. The molecule has 0 saturated carbocycles. The van der Waals surface area contributed by atoms with Gasteiger partial charge in [0.1, 0.15) is 11.3 Å². The summed E-state index contributed by atoms with van der Waals surface area (Å²) in [7, 11) is 0. The van der Waals surface area contributed by atoms with Crippen molar-refractivity contribution in [3.63, 3.8) is 0 Å². The number of nitrogens with two attached hydrogens (primary N) is 1. The molecule has 0 aliphatic heterocycles. The molecule has 36 heavy (non-hydrogen) atoms. The number of ether oxygens (including phenoxy) is 1. The first-order valence-corrected chi connectivity index (χ1v) is 12.4. The number of nitrogens with one attached hydrogen (secondary N) is 1. The molecule has 0 bridgehead atoms. The van der Waals surface area contributed by atoms with Crippen LogP contribution in [0.2, 0.25) is 0 Å². The van der Waals surface area contributed by atoms with Gasteiger partial charge < -0.3 is 15.5 Å². The van der Waals surface area contributed by atoms with E-state index in [1.54, 1.807) is 4.57 Å². The van der Waals surface area contributed by atoms with Crippen molar-refractivity contribution in [1.82, 2.24) is 14.1 Å². The second kappa shape index (κ2) is 11.1. The molecule has 188 valence electrons. The molecule has 2 aliphatic rings. The molecule has 2 heterocycles. The maximum atomic E-state index is 12.9. The van der Waals surface area contributed by atoms with E-state index in [4.69, 9.17) is 10.5 Å². The van der Waals surface area contributed by atoms with Gasteiger partial charge in [0.05, 0.1) is 12.1 Å². The Labute approximate surface area is 209 Å². The average molecular weight is 489 g/mol. The Hall–Kier alpha value is -4.07. The first-order valence-electron chi connectivity index (χ1n) is 12.4. The van der Waals surface area contributed by atoms with Crippen LogP contribution >= 0.6 is 0 Å². The Morgan fingerprint density at radius 3 is 2.14 bits per heavy atom. The van der Waals surface area contributed by atoms with Gasteiger partial charge in [-0.1, -0.05) is 32.0 Å². The third-order valence-electron chi connectivity index (χ3n) is 6.02. The zero-order chi connectivity index (χ0) is 25.7. The summed E-state index contributed by atoms with van der Waals surface area (Å²) in [5, 5.41) is 0. The molecule has 3 aromatic rings. The lowest BCUT2D eigenvalue weighted by Crippen LogP contribution is -2.39. The Morgan fingerprint density at radius 1 is 0.917 bits per heavy atom. The topological polar surface area (TPSA) is 112 Å². The second-order valence-corrected chi connectivity index (χ2v) is 8.86. The van der Waals surface area contributed by atoms with Gasteiger partial charge >= 0.3 is 5.69 Å². The quantitative estimate of drug-likeness (QED) is 0.286. The highest BCUT2D eigenvalue weighted by Gasteiger charge is 2.16. The molecule has 0 spiro atoms. The van der Waals surface area contributed by atoms with E-state index in [1.807, 2.05) is 44.2 Å². The molecular formula is C28H32N4O4. The van der Waals surface area contributed by atoms with Crippen molar-refractivity contribution in [2.75, 3.05) is 6.61 Å². The lowest BCUT2D eigenvalue weighted by molar-refractivity contribution is -0.118. The van der Waals surface area contributed by atoms with Crippen molar-refractivity contribution < 1.29 is 9.53 Å². The summed E-state index contributed by atoms with van der Waals surface area (Å²) in [6, 6.07) is 17.8. The monoisotopic (exact) mass is 488 g/mol. The number of aromatic amines is 1. The number of H-pyrrole nitrogens is 1. The van der Waals surface area contributed by atoms with Gasteiger partial charge in [0.2, 0.25) is 5.91 Å². The highest BCUT2D eigenvalue weighted by molar-refractivity contribution is 5.82. The highest BCUT2D eigenvalue weighted by Crippen LogP contribution is 2.32. The van der Waals surface area contributed by atoms with E-state index in [-0.39, 0.29) is 17.2 Å². The number of aryl methyl sites for hydroxylation is 1. The van der Waals surface area contributed by atoms with E-state index < -0.39 is 0 Å². The molecule has 0 fully saturated rings. The Balaban J connectivity index is 0.000000434. The molecule has 8 heteroatoms. The van der Waals surface area contributed by atoms with Crippen LogP contribution in [-0.4, -0.2) is 26.6 Å². The van der Waals surface area contributed by atoms with Gasteiger partial charge in [0, 0.05) is 25.2 Å². The normalized spacial score (nSPS) is 11.2. The van der Waals surface area contributed by atoms with Gasteiger partial charge in [-0.2, -0.15) is 0 Å². The minimum Gasteiger partial charge on any atom is -0.494 e. The molecular weight excluding hydrogens is 456 g/mol. The number of carbonyl (C=O) groups excluding carboxylic acids is 1. The van der Waals surface area contributed by atoms with Crippen LogP contribution in [0.3, 0.4) is 0 Å². The summed E-state index contributed by atoms with van der Waals surface area (Å²) in [6.45, 7) is 5.30. The SMILES string of the molecule is CCCn1c(=O)c2[nH]c(-c3ccc(OCCCC(N)=O)cc3)cc2n(CCC)c1=O.c1cc2cc-2c1. The van der Waals surface area contributed by atoms with Gasteiger partial charge in [0.25, 0.3) is 5.56 Å². The summed E-state index contributed by atoms with van der Waals surface area (Å²) in [5.41, 5.74) is 10.1. The molecule has 0 radical (unpaired) electrons. The number of hydrogen-bond donors (Lipinski definition) is 2. The smallest absolute Gasteiger partial charge is 0.331 e. The molecule has 5 rings (SSSR count). The maximum Gasteiger partial charge on any atom is 0.331 e. The molecule has 0 saturated heterocycles. The van der Waals surface area contributed by atoms with Crippen molar-refractivity contribution in [2.24, 2.45) is 5.73 Å². The lowest BCUT2D eigenvalue weighted by atomic mass is 10.1. The fourth-order valence-corrected chi connectivity index (χ4v) is 4.15. The van der Waals surface area contributed by atoms with E-state index in [1.165, 1.54) is 15.7 Å². The Morgan fingerprint density at radius 2 is 1.58 bits per heavy atom. The number of hydrogen-bond acceptors (Lipinski definition) is 4. The Bertz CT molecular complexity index is 1460. The molecule has 2 aliphatic carbocycles. The number of amides is 1. The van der Waals surface area contributed by atoms with E-state index in [2.05, 4.69) is 29.2 Å².